The van der Waals surface area contributed by atoms with E-state index in [1.807, 2.05) is 4.90 Å². The molecule has 1 saturated heterocycles. The minimum Gasteiger partial charge on any atom is -0.436 e. The Bertz CT molecular complexity index is 1600. The van der Waals surface area contributed by atoms with E-state index in [1.54, 1.807) is 36.0 Å². The van der Waals surface area contributed by atoms with Crippen molar-refractivity contribution in [1.82, 2.24) is 19.6 Å². The van der Waals surface area contributed by atoms with Gasteiger partial charge in [0.15, 0.2) is 11.2 Å². The third-order valence-electron chi connectivity index (χ3n) is 6.35. The maximum absolute atomic E-state index is 14.5. The van der Waals surface area contributed by atoms with Crippen LogP contribution in [0.2, 0.25) is 0 Å². The highest BCUT2D eigenvalue weighted by Crippen LogP contribution is 2.38. The van der Waals surface area contributed by atoms with Crippen LogP contribution >= 0.6 is 0 Å². The van der Waals surface area contributed by atoms with Crippen molar-refractivity contribution in [2.24, 2.45) is 0 Å². The number of oxazole rings is 1. The molecule has 1 aliphatic rings. The minimum atomic E-state index is -2.96. The molecule has 0 spiro atoms. The van der Waals surface area contributed by atoms with Gasteiger partial charge >= 0.3 is 6.61 Å². The Hall–Kier alpha value is -4.15. The molecule has 0 aliphatic carbocycles. The predicted octanol–water partition coefficient (Wildman–Crippen LogP) is 6.07. The molecule has 184 valence electrons. The number of halogens is 4. The van der Waals surface area contributed by atoms with Crippen molar-refractivity contribution >= 4 is 22.6 Å². The van der Waals surface area contributed by atoms with Crippen LogP contribution in [0.4, 0.5) is 23.4 Å². The van der Waals surface area contributed by atoms with Crippen molar-refractivity contribution in [3.63, 3.8) is 0 Å². The summed E-state index contributed by atoms with van der Waals surface area (Å²) < 4.78 is 65.8. The molecule has 6 rings (SSSR count). The molecule has 1 fully saturated rings. The average Bonchev–Trinajstić information content (AvgIpc) is 3.58. The second kappa shape index (κ2) is 8.51. The number of aromatic nitrogens is 4. The number of benzene rings is 2. The number of ether oxygens (including phenoxy) is 1. The van der Waals surface area contributed by atoms with Crippen molar-refractivity contribution < 1.29 is 26.7 Å². The van der Waals surface area contributed by atoms with E-state index in [1.165, 1.54) is 12.1 Å². The summed E-state index contributed by atoms with van der Waals surface area (Å²) in [4.78, 5) is 11.2. The normalized spacial score (nSPS) is 16.1. The van der Waals surface area contributed by atoms with Crippen molar-refractivity contribution in [3.8, 4) is 17.2 Å². The van der Waals surface area contributed by atoms with E-state index >= 15 is 0 Å². The molecule has 1 aliphatic heterocycles. The van der Waals surface area contributed by atoms with Crippen LogP contribution in [0.3, 0.4) is 0 Å². The Balaban J connectivity index is 1.40. The number of fused-ring (bicyclic) bond motifs is 2. The van der Waals surface area contributed by atoms with E-state index in [9.17, 15) is 17.6 Å². The SMILES string of the molecule is Cc1cc2nc(-c3cnn4ccc(N5CCC[C@@H]5c5cc(F)ccc5F)nc34)oc2cc1OC(F)F. The maximum Gasteiger partial charge on any atom is 0.387 e. The molecule has 0 N–H and O–H groups in total. The summed E-state index contributed by atoms with van der Waals surface area (Å²) in [5.41, 5.74) is 2.48. The first-order valence-corrected chi connectivity index (χ1v) is 11.3. The molecular weight excluding hydrogens is 478 g/mol. The van der Waals surface area contributed by atoms with Gasteiger partial charge < -0.3 is 14.1 Å². The van der Waals surface area contributed by atoms with Gasteiger partial charge in [0.05, 0.1) is 12.2 Å². The van der Waals surface area contributed by atoms with Crippen molar-refractivity contribution in [2.75, 3.05) is 11.4 Å². The molecule has 3 aromatic heterocycles. The lowest BCUT2D eigenvalue weighted by Crippen LogP contribution is -2.24. The van der Waals surface area contributed by atoms with E-state index < -0.39 is 18.2 Å². The zero-order chi connectivity index (χ0) is 25.0. The summed E-state index contributed by atoms with van der Waals surface area (Å²) in [5.74, 6) is -0.156. The zero-order valence-electron chi connectivity index (χ0n) is 19.0. The molecule has 11 heteroatoms. The second-order valence-electron chi connectivity index (χ2n) is 8.61. The van der Waals surface area contributed by atoms with Gasteiger partial charge in [-0.05, 0) is 55.7 Å². The van der Waals surface area contributed by atoms with Gasteiger partial charge in [-0.15, -0.1) is 0 Å². The summed E-state index contributed by atoms with van der Waals surface area (Å²) >= 11 is 0. The molecule has 0 unspecified atom stereocenters. The molecule has 0 bridgehead atoms. The first kappa shape index (κ1) is 22.3. The second-order valence-corrected chi connectivity index (χ2v) is 8.61. The van der Waals surface area contributed by atoms with E-state index in [4.69, 9.17) is 9.40 Å². The van der Waals surface area contributed by atoms with E-state index in [0.717, 1.165) is 18.6 Å². The van der Waals surface area contributed by atoms with Crippen LogP contribution in [0, 0.1) is 18.6 Å². The number of rotatable bonds is 5. The lowest BCUT2D eigenvalue weighted by atomic mass is 10.0. The van der Waals surface area contributed by atoms with Gasteiger partial charge in [0, 0.05) is 24.4 Å². The van der Waals surface area contributed by atoms with Gasteiger partial charge in [-0.25, -0.2) is 23.3 Å². The van der Waals surface area contributed by atoms with Gasteiger partial charge in [-0.3, -0.25) is 0 Å². The van der Waals surface area contributed by atoms with Gasteiger partial charge in [0.1, 0.15) is 34.3 Å². The third-order valence-corrected chi connectivity index (χ3v) is 6.35. The summed E-state index contributed by atoms with van der Waals surface area (Å²) in [6.45, 7) is -0.689. The Kier molecular flexibility index (Phi) is 5.27. The number of hydrogen-bond donors (Lipinski definition) is 0. The van der Waals surface area contributed by atoms with Crippen LogP contribution in [0.15, 0.2) is 53.2 Å². The van der Waals surface area contributed by atoms with Crippen LogP contribution < -0.4 is 9.64 Å². The number of aryl methyl sites for hydroxylation is 1. The van der Waals surface area contributed by atoms with Crippen LogP contribution in [-0.2, 0) is 0 Å². The summed E-state index contributed by atoms with van der Waals surface area (Å²) in [6, 6.07) is 7.86. The van der Waals surface area contributed by atoms with Gasteiger partial charge in [-0.1, -0.05) is 0 Å². The van der Waals surface area contributed by atoms with Gasteiger partial charge in [0.25, 0.3) is 0 Å². The van der Waals surface area contributed by atoms with Gasteiger partial charge in [-0.2, -0.15) is 13.9 Å². The standard InChI is InChI=1S/C25H19F4N5O2/c1-13-9-18-21(11-20(13)36-25(28)29)35-24(31-18)16-12-30-34-8-6-22(32-23(16)34)33-7-2-3-19(33)15-10-14(26)4-5-17(15)27/h4-6,8-12,19,25H,2-3,7H2,1H3/t19-/m1/s1. The van der Waals surface area contributed by atoms with E-state index in [0.29, 0.717) is 46.6 Å². The smallest absolute Gasteiger partial charge is 0.387 e. The largest absolute Gasteiger partial charge is 0.436 e. The Labute approximate surface area is 201 Å². The predicted molar refractivity (Wildman–Crippen MR) is 123 cm³/mol. The Morgan fingerprint density at radius 1 is 1.11 bits per heavy atom. The molecule has 0 saturated carbocycles. The highest BCUT2D eigenvalue weighted by Gasteiger charge is 2.30. The van der Waals surface area contributed by atoms with E-state index in [2.05, 4.69) is 14.8 Å². The first-order valence-electron chi connectivity index (χ1n) is 11.3. The molecule has 0 radical (unpaired) electrons. The Morgan fingerprint density at radius 2 is 1.97 bits per heavy atom. The zero-order valence-corrected chi connectivity index (χ0v) is 19.0. The van der Waals surface area contributed by atoms with Crippen molar-refractivity contribution in [1.29, 1.82) is 0 Å². The molecular formula is C25H19F4N5O2. The summed E-state index contributed by atoms with van der Waals surface area (Å²) in [5, 5.41) is 4.31. The first-order chi connectivity index (χ1) is 17.4. The molecule has 1 atom stereocenters. The fraction of sp³-hybridized carbons (Fsp3) is 0.240. The fourth-order valence-corrected chi connectivity index (χ4v) is 4.70. The van der Waals surface area contributed by atoms with E-state index in [-0.39, 0.29) is 23.3 Å². The van der Waals surface area contributed by atoms with Crippen LogP contribution in [0.5, 0.6) is 5.75 Å². The number of anilines is 1. The monoisotopic (exact) mass is 497 g/mol. The fourth-order valence-electron chi connectivity index (χ4n) is 4.70. The van der Waals surface area contributed by atoms with Crippen LogP contribution in [-0.4, -0.2) is 32.7 Å². The molecule has 5 aromatic rings. The van der Waals surface area contributed by atoms with Crippen LogP contribution in [0.25, 0.3) is 28.2 Å². The number of alkyl halides is 2. The summed E-state index contributed by atoms with van der Waals surface area (Å²) in [6.07, 6.45) is 4.73. The molecule has 0 amide bonds. The van der Waals surface area contributed by atoms with Crippen molar-refractivity contribution in [3.05, 3.63) is 71.6 Å². The molecule has 7 nitrogen and oxygen atoms in total. The lowest BCUT2D eigenvalue weighted by molar-refractivity contribution is -0.0502. The highest BCUT2D eigenvalue weighted by atomic mass is 19.3. The summed E-state index contributed by atoms with van der Waals surface area (Å²) in [7, 11) is 0. The third kappa shape index (κ3) is 3.80. The topological polar surface area (TPSA) is 68.7 Å². The van der Waals surface area contributed by atoms with Crippen LogP contribution in [0.1, 0.15) is 30.0 Å². The molecule has 2 aromatic carbocycles. The van der Waals surface area contributed by atoms with Gasteiger partial charge in [0.2, 0.25) is 5.89 Å². The lowest BCUT2D eigenvalue weighted by Gasteiger charge is -2.26. The molecule has 4 heterocycles. The number of nitrogens with zero attached hydrogens (tertiary/aromatic N) is 5. The highest BCUT2D eigenvalue weighted by molar-refractivity contribution is 5.82. The quantitative estimate of drug-likeness (QED) is 0.275. The number of hydrogen-bond acceptors (Lipinski definition) is 6. The molecule has 36 heavy (non-hydrogen) atoms. The maximum atomic E-state index is 14.5. The Morgan fingerprint density at radius 3 is 2.81 bits per heavy atom. The van der Waals surface area contributed by atoms with Crippen molar-refractivity contribution in [2.45, 2.75) is 32.4 Å². The average molecular weight is 497 g/mol. The minimum absolute atomic E-state index is 0.00475.